The van der Waals surface area contributed by atoms with E-state index >= 15 is 0 Å². The summed E-state index contributed by atoms with van der Waals surface area (Å²) in [5.74, 6) is 0. The SMILES string of the molecule is FC(F)(F)c1cccc(C2OCCN2c2ccccc2)c1. The van der Waals surface area contributed by atoms with Crippen molar-refractivity contribution in [1.29, 1.82) is 0 Å². The van der Waals surface area contributed by atoms with E-state index in [2.05, 4.69) is 0 Å². The van der Waals surface area contributed by atoms with Gasteiger partial charge in [0.15, 0.2) is 6.23 Å². The first-order chi connectivity index (χ1) is 10.1. The highest BCUT2D eigenvalue weighted by Gasteiger charge is 2.33. The van der Waals surface area contributed by atoms with Crippen LogP contribution in [0.15, 0.2) is 54.6 Å². The molecule has 1 unspecified atom stereocenters. The molecule has 5 heteroatoms. The zero-order valence-corrected chi connectivity index (χ0v) is 11.2. The Hall–Kier alpha value is -2.01. The van der Waals surface area contributed by atoms with Gasteiger partial charge < -0.3 is 9.64 Å². The molecule has 0 aliphatic carbocycles. The second-order valence-corrected chi connectivity index (χ2v) is 4.88. The van der Waals surface area contributed by atoms with E-state index < -0.39 is 18.0 Å². The lowest BCUT2D eigenvalue weighted by Gasteiger charge is -2.25. The molecule has 110 valence electrons. The fraction of sp³-hybridized carbons (Fsp3) is 0.250. The summed E-state index contributed by atoms with van der Waals surface area (Å²) in [4.78, 5) is 1.97. The van der Waals surface area contributed by atoms with E-state index in [0.29, 0.717) is 18.7 Å². The Labute approximate surface area is 120 Å². The van der Waals surface area contributed by atoms with Gasteiger partial charge in [-0.05, 0) is 24.3 Å². The van der Waals surface area contributed by atoms with Gasteiger partial charge in [0.1, 0.15) is 0 Å². The Balaban J connectivity index is 1.93. The van der Waals surface area contributed by atoms with Crippen LogP contribution in [0.2, 0.25) is 0 Å². The molecule has 1 atom stereocenters. The lowest BCUT2D eigenvalue weighted by molar-refractivity contribution is -0.137. The number of halogens is 3. The van der Waals surface area contributed by atoms with Crippen molar-refractivity contribution in [2.45, 2.75) is 12.4 Å². The Bertz CT molecular complexity index is 612. The van der Waals surface area contributed by atoms with Crippen LogP contribution >= 0.6 is 0 Å². The topological polar surface area (TPSA) is 12.5 Å². The van der Waals surface area contributed by atoms with Gasteiger partial charge in [0.25, 0.3) is 0 Å². The van der Waals surface area contributed by atoms with E-state index in [0.717, 1.165) is 17.8 Å². The van der Waals surface area contributed by atoms with Crippen molar-refractivity contribution in [3.8, 4) is 0 Å². The number of alkyl halides is 3. The summed E-state index contributed by atoms with van der Waals surface area (Å²) in [6, 6.07) is 14.9. The molecule has 3 rings (SSSR count). The third-order valence-electron chi connectivity index (χ3n) is 3.48. The second-order valence-electron chi connectivity index (χ2n) is 4.88. The van der Waals surface area contributed by atoms with Crippen LogP contribution in [0.5, 0.6) is 0 Å². The highest BCUT2D eigenvalue weighted by Crippen LogP contribution is 2.35. The van der Waals surface area contributed by atoms with Crippen molar-refractivity contribution < 1.29 is 17.9 Å². The maximum Gasteiger partial charge on any atom is 0.416 e. The van der Waals surface area contributed by atoms with Gasteiger partial charge in [-0.1, -0.05) is 30.3 Å². The van der Waals surface area contributed by atoms with Crippen molar-refractivity contribution >= 4 is 5.69 Å². The molecule has 1 aliphatic heterocycles. The fourth-order valence-electron chi connectivity index (χ4n) is 2.50. The van der Waals surface area contributed by atoms with E-state index in [1.54, 1.807) is 6.07 Å². The molecule has 1 heterocycles. The molecule has 0 amide bonds. The minimum Gasteiger partial charge on any atom is -0.352 e. The summed E-state index contributed by atoms with van der Waals surface area (Å²) in [6.45, 7) is 1.15. The molecule has 0 radical (unpaired) electrons. The van der Waals surface area contributed by atoms with Gasteiger partial charge in [-0.2, -0.15) is 13.2 Å². The molecule has 0 bridgehead atoms. The van der Waals surface area contributed by atoms with Gasteiger partial charge in [-0.25, -0.2) is 0 Å². The van der Waals surface area contributed by atoms with E-state index in [9.17, 15) is 13.2 Å². The van der Waals surface area contributed by atoms with Crippen molar-refractivity contribution in [3.63, 3.8) is 0 Å². The molecule has 0 aromatic heterocycles. The quantitative estimate of drug-likeness (QED) is 0.821. The minimum atomic E-state index is -4.34. The number of hydrogen-bond donors (Lipinski definition) is 0. The average Bonchev–Trinajstić information content (AvgIpc) is 2.97. The molecule has 2 aromatic rings. The monoisotopic (exact) mass is 293 g/mol. The molecule has 1 saturated heterocycles. The van der Waals surface area contributed by atoms with Crippen LogP contribution in [-0.2, 0) is 10.9 Å². The first kappa shape index (κ1) is 13.9. The Morgan fingerprint density at radius 1 is 1.00 bits per heavy atom. The summed E-state index contributed by atoms with van der Waals surface area (Å²) >= 11 is 0. The van der Waals surface area contributed by atoms with Gasteiger partial charge in [-0.3, -0.25) is 0 Å². The summed E-state index contributed by atoms with van der Waals surface area (Å²) in [7, 11) is 0. The summed E-state index contributed by atoms with van der Waals surface area (Å²) < 4.78 is 44.1. The molecule has 2 nitrogen and oxygen atoms in total. The number of anilines is 1. The number of rotatable bonds is 2. The summed E-state index contributed by atoms with van der Waals surface area (Å²) in [6.07, 6.45) is -4.82. The third-order valence-corrected chi connectivity index (χ3v) is 3.48. The minimum absolute atomic E-state index is 0.477. The van der Waals surface area contributed by atoms with Crippen molar-refractivity contribution in [3.05, 3.63) is 65.7 Å². The molecular weight excluding hydrogens is 279 g/mol. The number of hydrogen-bond acceptors (Lipinski definition) is 2. The highest BCUT2D eigenvalue weighted by atomic mass is 19.4. The van der Waals surface area contributed by atoms with Crippen molar-refractivity contribution in [1.82, 2.24) is 0 Å². The number of benzene rings is 2. The van der Waals surface area contributed by atoms with E-state index in [1.165, 1.54) is 6.07 Å². The van der Waals surface area contributed by atoms with Crippen LogP contribution in [0.1, 0.15) is 17.4 Å². The molecule has 1 fully saturated rings. The van der Waals surface area contributed by atoms with E-state index in [4.69, 9.17) is 4.74 Å². The van der Waals surface area contributed by atoms with Crippen LogP contribution in [-0.4, -0.2) is 13.2 Å². The Kier molecular flexibility index (Phi) is 3.59. The largest absolute Gasteiger partial charge is 0.416 e. The maximum absolute atomic E-state index is 12.8. The predicted octanol–water partition coefficient (Wildman–Crippen LogP) is 4.24. The lowest BCUT2D eigenvalue weighted by Crippen LogP contribution is -2.23. The second kappa shape index (κ2) is 5.41. The van der Waals surface area contributed by atoms with Crippen LogP contribution in [0.25, 0.3) is 0 Å². The molecule has 2 aromatic carbocycles. The Morgan fingerprint density at radius 3 is 2.48 bits per heavy atom. The van der Waals surface area contributed by atoms with Crippen molar-refractivity contribution in [2.24, 2.45) is 0 Å². The van der Waals surface area contributed by atoms with Crippen LogP contribution in [0.3, 0.4) is 0 Å². The molecule has 1 aliphatic rings. The zero-order chi connectivity index (χ0) is 14.9. The summed E-state index contributed by atoms with van der Waals surface area (Å²) in [5.41, 5.74) is 0.812. The first-order valence-electron chi connectivity index (χ1n) is 6.66. The van der Waals surface area contributed by atoms with Crippen LogP contribution in [0, 0.1) is 0 Å². The highest BCUT2D eigenvalue weighted by molar-refractivity contribution is 5.49. The maximum atomic E-state index is 12.8. The smallest absolute Gasteiger partial charge is 0.352 e. The zero-order valence-electron chi connectivity index (χ0n) is 11.2. The van der Waals surface area contributed by atoms with Crippen LogP contribution in [0.4, 0.5) is 18.9 Å². The number of nitrogens with zero attached hydrogens (tertiary/aromatic N) is 1. The normalized spacial score (nSPS) is 19.0. The molecule has 0 N–H and O–H groups in total. The molecule has 21 heavy (non-hydrogen) atoms. The van der Waals surface area contributed by atoms with Gasteiger partial charge in [0.05, 0.1) is 12.2 Å². The molecule has 0 saturated carbocycles. The van der Waals surface area contributed by atoms with E-state index in [1.807, 2.05) is 35.2 Å². The summed E-state index contributed by atoms with van der Waals surface area (Å²) in [5, 5.41) is 0. The first-order valence-corrected chi connectivity index (χ1v) is 6.66. The van der Waals surface area contributed by atoms with Crippen molar-refractivity contribution in [2.75, 3.05) is 18.1 Å². The van der Waals surface area contributed by atoms with Gasteiger partial charge in [0, 0.05) is 17.8 Å². The van der Waals surface area contributed by atoms with Crippen LogP contribution < -0.4 is 4.90 Å². The molecular formula is C16H14F3NO. The number of ether oxygens (including phenoxy) is 1. The standard InChI is InChI=1S/C16H14F3NO/c17-16(18,19)13-6-4-5-12(11-13)15-20(9-10-21-15)14-7-2-1-3-8-14/h1-8,11,15H,9-10H2. The van der Waals surface area contributed by atoms with Gasteiger partial charge >= 0.3 is 6.18 Å². The Morgan fingerprint density at radius 2 is 1.76 bits per heavy atom. The van der Waals surface area contributed by atoms with Gasteiger partial charge in [-0.15, -0.1) is 0 Å². The lowest BCUT2D eigenvalue weighted by atomic mass is 10.1. The average molecular weight is 293 g/mol. The van der Waals surface area contributed by atoms with Gasteiger partial charge in [0.2, 0.25) is 0 Å². The predicted molar refractivity (Wildman–Crippen MR) is 73.9 cm³/mol. The fourth-order valence-corrected chi connectivity index (χ4v) is 2.50. The number of para-hydroxylation sites is 1. The third kappa shape index (κ3) is 2.88. The van der Waals surface area contributed by atoms with E-state index in [-0.39, 0.29) is 0 Å². The molecule has 0 spiro atoms.